The number of carbonyl (C=O) groups is 1. The van der Waals surface area contributed by atoms with E-state index in [1.165, 1.54) is 11.8 Å². The fourth-order valence-corrected chi connectivity index (χ4v) is 3.59. The molecule has 2 N–H and O–H groups in total. The number of thioether (sulfide) groups is 1. The number of hydrogen-bond acceptors (Lipinski definition) is 5. The summed E-state index contributed by atoms with van der Waals surface area (Å²) in [7, 11) is 0. The van der Waals surface area contributed by atoms with Crippen LogP contribution in [-0.2, 0) is 11.3 Å². The molecule has 3 aromatic rings. The maximum absolute atomic E-state index is 12.6. The van der Waals surface area contributed by atoms with Crippen LogP contribution in [0.2, 0.25) is 0 Å². The molecule has 2 aromatic heterocycles. The molecule has 0 fully saturated rings. The Hall–Kier alpha value is -2.74. The van der Waals surface area contributed by atoms with Crippen molar-refractivity contribution in [2.24, 2.45) is 0 Å². The van der Waals surface area contributed by atoms with Crippen molar-refractivity contribution < 1.29 is 9.53 Å². The minimum atomic E-state index is -0.161. The number of carbonyl (C=O) groups excluding carboxylic acids is 1. The first-order chi connectivity index (χ1) is 13.0. The number of amides is 1. The molecule has 3 rings (SSSR count). The summed E-state index contributed by atoms with van der Waals surface area (Å²) in [6, 6.07) is 9.04. The van der Waals surface area contributed by atoms with Gasteiger partial charge in [-0.05, 0) is 51.1 Å². The Kier molecular flexibility index (Phi) is 5.85. The molecule has 0 atom stereocenters. The molecule has 0 aliphatic carbocycles. The Morgan fingerprint density at radius 3 is 2.70 bits per heavy atom. The van der Waals surface area contributed by atoms with Gasteiger partial charge in [0.25, 0.3) is 5.56 Å². The predicted molar refractivity (Wildman–Crippen MR) is 108 cm³/mol. The lowest BCUT2D eigenvalue weighted by Crippen LogP contribution is -2.23. The molecule has 0 saturated carbocycles. The van der Waals surface area contributed by atoms with Crippen LogP contribution in [0, 0.1) is 6.92 Å². The van der Waals surface area contributed by atoms with Gasteiger partial charge in [0.15, 0.2) is 5.16 Å². The lowest BCUT2D eigenvalue weighted by Gasteiger charge is -2.10. The molecule has 0 bridgehead atoms. The van der Waals surface area contributed by atoms with Gasteiger partial charge in [-0.15, -0.1) is 0 Å². The van der Waals surface area contributed by atoms with Crippen LogP contribution < -0.4 is 15.6 Å². The SMILES string of the molecule is CCOc1ccc(NC(=O)CSc2nc3cc(C)[nH]c3c(=O)n2CC)cc1. The van der Waals surface area contributed by atoms with Gasteiger partial charge in [-0.1, -0.05) is 11.8 Å². The van der Waals surface area contributed by atoms with E-state index in [-0.39, 0.29) is 17.2 Å². The van der Waals surface area contributed by atoms with Crippen molar-refractivity contribution in [2.45, 2.75) is 32.5 Å². The normalized spacial score (nSPS) is 10.9. The zero-order valence-corrected chi connectivity index (χ0v) is 16.4. The molecular formula is C19H22N4O3S. The average molecular weight is 386 g/mol. The Morgan fingerprint density at radius 2 is 2.04 bits per heavy atom. The standard InChI is InChI=1S/C19H22N4O3S/c1-4-23-18(25)17-15(10-12(3)20-17)22-19(23)27-11-16(24)21-13-6-8-14(9-7-13)26-5-2/h6-10,20H,4-5,11H2,1-3H3,(H,21,24). The number of anilines is 1. The molecule has 0 aliphatic heterocycles. The first kappa shape index (κ1) is 19.0. The molecule has 142 valence electrons. The van der Waals surface area contributed by atoms with E-state index in [1.54, 1.807) is 16.7 Å². The van der Waals surface area contributed by atoms with Crippen molar-refractivity contribution in [1.82, 2.24) is 14.5 Å². The topological polar surface area (TPSA) is 89.0 Å². The zero-order chi connectivity index (χ0) is 19.4. The Labute approximate surface area is 161 Å². The third-order valence-corrected chi connectivity index (χ3v) is 4.91. The van der Waals surface area contributed by atoms with Gasteiger partial charge in [0.05, 0.1) is 17.9 Å². The van der Waals surface area contributed by atoms with Gasteiger partial charge in [-0.3, -0.25) is 14.2 Å². The van der Waals surface area contributed by atoms with E-state index in [0.717, 1.165) is 11.4 Å². The number of benzene rings is 1. The second-order valence-electron chi connectivity index (χ2n) is 5.95. The minimum absolute atomic E-state index is 0.120. The fourth-order valence-electron chi connectivity index (χ4n) is 2.73. The number of nitrogens with zero attached hydrogens (tertiary/aromatic N) is 2. The highest BCUT2D eigenvalue weighted by atomic mass is 32.2. The molecule has 0 saturated heterocycles. The van der Waals surface area contributed by atoms with Crippen LogP contribution in [0.1, 0.15) is 19.5 Å². The van der Waals surface area contributed by atoms with Crippen LogP contribution in [0.4, 0.5) is 5.69 Å². The molecule has 0 spiro atoms. The molecule has 1 amide bonds. The van der Waals surface area contributed by atoms with Crippen LogP contribution in [0.5, 0.6) is 5.75 Å². The van der Waals surface area contributed by atoms with Gasteiger partial charge in [-0.25, -0.2) is 4.98 Å². The van der Waals surface area contributed by atoms with Crippen molar-refractivity contribution in [3.8, 4) is 5.75 Å². The molecule has 0 aliphatic rings. The monoisotopic (exact) mass is 386 g/mol. The number of rotatable bonds is 7. The smallest absolute Gasteiger partial charge is 0.278 e. The zero-order valence-electron chi connectivity index (χ0n) is 15.5. The Morgan fingerprint density at radius 1 is 1.30 bits per heavy atom. The first-order valence-corrected chi connectivity index (χ1v) is 9.76. The van der Waals surface area contributed by atoms with Crippen molar-refractivity contribution >= 4 is 34.4 Å². The summed E-state index contributed by atoms with van der Waals surface area (Å²) in [5.74, 6) is 0.761. The summed E-state index contributed by atoms with van der Waals surface area (Å²) in [6.07, 6.45) is 0. The molecule has 2 heterocycles. The maximum Gasteiger partial charge on any atom is 0.278 e. The summed E-state index contributed by atoms with van der Waals surface area (Å²) >= 11 is 1.25. The molecular weight excluding hydrogens is 364 g/mol. The molecule has 1 aromatic carbocycles. The molecule has 0 unspecified atom stereocenters. The van der Waals surface area contributed by atoms with Crippen LogP contribution >= 0.6 is 11.8 Å². The number of H-pyrrole nitrogens is 1. The van der Waals surface area contributed by atoms with Gasteiger partial charge in [0.2, 0.25) is 5.91 Å². The van der Waals surface area contributed by atoms with E-state index in [4.69, 9.17) is 4.74 Å². The molecule has 27 heavy (non-hydrogen) atoms. The number of hydrogen-bond donors (Lipinski definition) is 2. The van der Waals surface area contributed by atoms with E-state index in [2.05, 4.69) is 15.3 Å². The van der Waals surface area contributed by atoms with Gasteiger partial charge < -0.3 is 15.0 Å². The highest BCUT2D eigenvalue weighted by molar-refractivity contribution is 7.99. The summed E-state index contributed by atoms with van der Waals surface area (Å²) in [5.41, 5.74) is 2.58. The van der Waals surface area contributed by atoms with Crippen LogP contribution in [0.25, 0.3) is 11.0 Å². The van der Waals surface area contributed by atoms with Crippen molar-refractivity contribution in [3.63, 3.8) is 0 Å². The third kappa shape index (κ3) is 4.33. The lowest BCUT2D eigenvalue weighted by atomic mass is 10.3. The van der Waals surface area contributed by atoms with E-state index in [0.29, 0.717) is 35.0 Å². The van der Waals surface area contributed by atoms with Crippen molar-refractivity contribution in [3.05, 3.63) is 46.4 Å². The van der Waals surface area contributed by atoms with E-state index < -0.39 is 0 Å². The van der Waals surface area contributed by atoms with Gasteiger partial charge in [0, 0.05) is 17.9 Å². The predicted octanol–water partition coefficient (Wildman–Crippen LogP) is 3.18. The number of ether oxygens (including phenoxy) is 1. The lowest BCUT2D eigenvalue weighted by molar-refractivity contribution is -0.113. The second-order valence-corrected chi connectivity index (χ2v) is 6.89. The number of nitrogens with one attached hydrogen (secondary N) is 2. The summed E-state index contributed by atoms with van der Waals surface area (Å²) in [4.78, 5) is 32.4. The summed E-state index contributed by atoms with van der Waals surface area (Å²) in [6.45, 7) is 6.77. The average Bonchev–Trinajstić information content (AvgIpc) is 3.02. The highest BCUT2D eigenvalue weighted by Gasteiger charge is 2.14. The van der Waals surface area contributed by atoms with Crippen LogP contribution in [0.3, 0.4) is 0 Å². The largest absolute Gasteiger partial charge is 0.494 e. The molecule has 8 heteroatoms. The van der Waals surface area contributed by atoms with Crippen molar-refractivity contribution in [2.75, 3.05) is 17.7 Å². The third-order valence-electron chi connectivity index (χ3n) is 3.94. The molecule has 0 radical (unpaired) electrons. The highest BCUT2D eigenvalue weighted by Crippen LogP contribution is 2.20. The first-order valence-electron chi connectivity index (χ1n) is 8.77. The number of aromatic nitrogens is 3. The van der Waals surface area contributed by atoms with Gasteiger partial charge in [-0.2, -0.15) is 0 Å². The fraction of sp³-hybridized carbons (Fsp3) is 0.316. The second kappa shape index (κ2) is 8.30. The van der Waals surface area contributed by atoms with Crippen LogP contribution in [0.15, 0.2) is 40.3 Å². The summed E-state index contributed by atoms with van der Waals surface area (Å²) < 4.78 is 6.96. The number of fused-ring (bicyclic) bond motifs is 1. The molecule has 7 nitrogen and oxygen atoms in total. The quantitative estimate of drug-likeness (QED) is 0.481. The Bertz CT molecular complexity index is 1010. The van der Waals surface area contributed by atoms with Gasteiger partial charge >= 0.3 is 0 Å². The Balaban J connectivity index is 1.70. The number of aryl methyl sites for hydroxylation is 1. The van der Waals surface area contributed by atoms with Crippen LogP contribution in [-0.4, -0.2) is 32.8 Å². The van der Waals surface area contributed by atoms with E-state index in [9.17, 15) is 9.59 Å². The number of aromatic amines is 1. The summed E-state index contributed by atoms with van der Waals surface area (Å²) in [5, 5.41) is 3.38. The van der Waals surface area contributed by atoms with Crippen molar-refractivity contribution in [1.29, 1.82) is 0 Å². The van der Waals surface area contributed by atoms with E-state index in [1.807, 2.05) is 39.0 Å². The van der Waals surface area contributed by atoms with Gasteiger partial charge in [0.1, 0.15) is 11.3 Å². The van der Waals surface area contributed by atoms with E-state index >= 15 is 0 Å². The maximum atomic E-state index is 12.6. The minimum Gasteiger partial charge on any atom is -0.494 e.